The fraction of sp³-hybridized carbons (Fsp3) is 0.318. The SMILES string of the molecule is c1ccc([C@@H](CN2CCOCC2)NCc2cccc3cccnc23)cc1. The third-order valence-corrected chi connectivity index (χ3v) is 5.00. The Balaban J connectivity index is 1.52. The molecule has 134 valence electrons. The van der Waals surface area contributed by atoms with E-state index < -0.39 is 0 Å². The zero-order valence-corrected chi connectivity index (χ0v) is 15.0. The van der Waals surface area contributed by atoms with E-state index in [1.54, 1.807) is 0 Å². The number of benzene rings is 2. The molecule has 0 spiro atoms. The lowest BCUT2D eigenvalue weighted by atomic mass is 10.0. The molecule has 0 amide bonds. The fourth-order valence-electron chi connectivity index (χ4n) is 3.56. The van der Waals surface area contributed by atoms with Crippen molar-refractivity contribution in [2.45, 2.75) is 12.6 Å². The first-order valence-electron chi connectivity index (χ1n) is 9.31. The molecule has 4 nitrogen and oxygen atoms in total. The molecule has 4 rings (SSSR count). The minimum absolute atomic E-state index is 0.285. The molecule has 0 bridgehead atoms. The highest BCUT2D eigenvalue weighted by atomic mass is 16.5. The van der Waals surface area contributed by atoms with Crippen LogP contribution in [-0.4, -0.2) is 42.7 Å². The summed E-state index contributed by atoms with van der Waals surface area (Å²) >= 11 is 0. The highest BCUT2D eigenvalue weighted by molar-refractivity contribution is 5.81. The molecular weight excluding hydrogens is 322 g/mol. The van der Waals surface area contributed by atoms with Gasteiger partial charge in [-0.2, -0.15) is 0 Å². The van der Waals surface area contributed by atoms with Crippen LogP contribution in [0.25, 0.3) is 10.9 Å². The molecular formula is C22H25N3O. The number of hydrogen-bond acceptors (Lipinski definition) is 4. The standard InChI is InChI=1S/C22H25N3O/c1-2-6-18(7-3-1)21(17-25-12-14-26-15-13-25)24-16-20-9-4-8-19-10-5-11-23-22(19)20/h1-11,21,24H,12-17H2/t21-/m1/s1. The van der Waals surface area contributed by atoms with Gasteiger partial charge < -0.3 is 10.1 Å². The van der Waals surface area contributed by atoms with Crippen LogP contribution in [0.4, 0.5) is 0 Å². The van der Waals surface area contributed by atoms with E-state index in [-0.39, 0.29) is 6.04 Å². The first-order chi connectivity index (χ1) is 12.9. The summed E-state index contributed by atoms with van der Waals surface area (Å²) in [5.41, 5.74) is 3.65. The third-order valence-electron chi connectivity index (χ3n) is 5.00. The average Bonchev–Trinajstić information content (AvgIpc) is 2.72. The van der Waals surface area contributed by atoms with Crippen molar-refractivity contribution in [2.24, 2.45) is 0 Å². The lowest BCUT2D eigenvalue weighted by Crippen LogP contribution is -2.41. The Morgan fingerprint density at radius 1 is 0.962 bits per heavy atom. The highest BCUT2D eigenvalue weighted by Crippen LogP contribution is 2.19. The van der Waals surface area contributed by atoms with Crippen molar-refractivity contribution < 1.29 is 4.74 Å². The molecule has 0 saturated carbocycles. The van der Waals surface area contributed by atoms with Gasteiger partial charge in [0.1, 0.15) is 0 Å². The van der Waals surface area contributed by atoms with E-state index in [1.165, 1.54) is 16.5 Å². The molecule has 2 heterocycles. The number of para-hydroxylation sites is 1. The maximum Gasteiger partial charge on any atom is 0.0746 e. The summed E-state index contributed by atoms with van der Waals surface area (Å²) in [5.74, 6) is 0. The van der Waals surface area contributed by atoms with Gasteiger partial charge >= 0.3 is 0 Å². The minimum Gasteiger partial charge on any atom is -0.379 e. The number of fused-ring (bicyclic) bond motifs is 1. The summed E-state index contributed by atoms with van der Waals surface area (Å²) in [7, 11) is 0. The van der Waals surface area contributed by atoms with Crippen LogP contribution in [0.3, 0.4) is 0 Å². The van der Waals surface area contributed by atoms with Gasteiger partial charge in [-0.3, -0.25) is 9.88 Å². The Morgan fingerprint density at radius 3 is 2.62 bits per heavy atom. The maximum absolute atomic E-state index is 5.49. The summed E-state index contributed by atoms with van der Waals surface area (Å²) < 4.78 is 5.49. The van der Waals surface area contributed by atoms with Gasteiger partial charge in [-0.1, -0.05) is 54.6 Å². The number of nitrogens with one attached hydrogen (secondary N) is 1. The lowest BCUT2D eigenvalue weighted by molar-refractivity contribution is 0.0333. The number of rotatable bonds is 6. The summed E-state index contributed by atoms with van der Waals surface area (Å²) in [4.78, 5) is 7.06. The fourth-order valence-corrected chi connectivity index (χ4v) is 3.56. The molecule has 4 heteroatoms. The molecule has 2 aromatic carbocycles. The van der Waals surface area contributed by atoms with Crippen LogP contribution in [-0.2, 0) is 11.3 Å². The summed E-state index contributed by atoms with van der Waals surface area (Å²) in [6.07, 6.45) is 1.87. The maximum atomic E-state index is 5.49. The molecule has 26 heavy (non-hydrogen) atoms. The molecule has 1 aromatic heterocycles. The smallest absolute Gasteiger partial charge is 0.0746 e. The second kappa shape index (κ2) is 8.41. The minimum atomic E-state index is 0.285. The second-order valence-electron chi connectivity index (χ2n) is 6.75. The van der Waals surface area contributed by atoms with Gasteiger partial charge in [-0.05, 0) is 17.2 Å². The molecule has 1 fully saturated rings. The van der Waals surface area contributed by atoms with Crippen LogP contribution in [0.2, 0.25) is 0 Å². The van der Waals surface area contributed by atoms with E-state index in [9.17, 15) is 0 Å². The Morgan fingerprint density at radius 2 is 1.77 bits per heavy atom. The lowest BCUT2D eigenvalue weighted by Gasteiger charge is -2.31. The molecule has 0 aliphatic carbocycles. The first-order valence-corrected chi connectivity index (χ1v) is 9.31. The van der Waals surface area contributed by atoms with E-state index >= 15 is 0 Å². The quantitative estimate of drug-likeness (QED) is 0.742. The zero-order chi connectivity index (χ0) is 17.6. The van der Waals surface area contributed by atoms with Crippen LogP contribution in [0.1, 0.15) is 17.2 Å². The number of ether oxygens (including phenoxy) is 1. The van der Waals surface area contributed by atoms with E-state index in [2.05, 4.69) is 69.8 Å². The Bertz CT molecular complexity index is 826. The van der Waals surface area contributed by atoms with Crippen molar-refractivity contribution in [1.29, 1.82) is 0 Å². The largest absolute Gasteiger partial charge is 0.379 e. The average molecular weight is 347 g/mol. The number of pyridine rings is 1. The summed E-state index contributed by atoms with van der Waals surface area (Å²) in [6.45, 7) is 5.45. The highest BCUT2D eigenvalue weighted by Gasteiger charge is 2.18. The molecule has 0 unspecified atom stereocenters. The van der Waals surface area contributed by atoms with Gasteiger partial charge in [0.15, 0.2) is 0 Å². The molecule has 1 aliphatic rings. The Kier molecular flexibility index (Phi) is 5.55. The predicted octanol–water partition coefficient (Wildman–Crippen LogP) is 3.40. The normalized spacial score (nSPS) is 16.6. The van der Waals surface area contributed by atoms with E-state index in [4.69, 9.17) is 4.74 Å². The zero-order valence-electron chi connectivity index (χ0n) is 15.0. The molecule has 0 radical (unpaired) electrons. The van der Waals surface area contributed by atoms with Gasteiger partial charge in [0.05, 0.1) is 18.7 Å². The van der Waals surface area contributed by atoms with E-state index in [0.29, 0.717) is 0 Å². The van der Waals surface area contributed by atoms with Crippen molar-refractivity contribution in [2.75, 3.05) is 32.8 Å². The molecule has 1 atom stereocenters. The van der Waals surface area contributed by atoms with Crippen molar-refractivity contribution in [1.82, 2.24) is 15.2 Å². The van der Waals surface area contributed by atoms with Crippen molar-refractivity contribution >= 4 is 10.9 Å². The first kappa shape index (κ1) is 17.2. The second-order valence-corrected chi connectivity index (χ2v) is 6.75. The van der Waals surface area contributed by atoms with Gasteiger partial charge in [0.2, 0.25) is 0 Å². The van der Waals surface area contributed by atoms with E-state index in [1.807, 2.05) is 12.3 Å². The van der Waals surface area contributed by atoms with Gasteiger partial charge in [0, 0.05) is 43.8 Å². The Labute approximate surface area is 154 Å². The molecule has 1 aliphatic heterocycles. The number of aromatic nitrogens is 1. The van der Waals surface area contributed by atoms with Gasteiger partial charge in [-0.25, -0.2) is 0 Å². The van der Waals surface area contributed by atoms with E-state index in [0.717, 1.165) is 44.9 Å². The van der Waals surface area contributed by atoms with Crippen molar-refractivity contribution in [3.63, 3.8) is 0 Å². The van der Waals surface area contributed by atoms with Crippen LogP contribution in [0, 0.1) is 0 Å². The van der Waals surface area contributed by atoms with Crippen LogP contribution >= 0.6 is 0 Å². The number of hydrogen-bond donors (Lipinski definition) is 1. The molecule has 1 saturated heterocycles. The topological polar surface area (TPSA) is 37.4 Å². The van der Waals surface area contributed by atoms with Crippen LogP contribution in [0.5, 0.6) is 0 Å². The summed E-state index contributed by atoms with van der Waals surface area (Å²) in [6, 6.07) is 21.5. The number of nitrogens with zero attached hydrogens (tertiary/aromatic N) is 2. The number of morpholine rings is 1. The summed E-state index contributed by atoms with van der Waals surface area (Å²) in [5, 5.41) is 4.96. The third kappa shape index (κ3) is 4.10. The van der Waals surface area contributed by atoms with Crippen molar-refractivity contribution in [3.05, 3.63) is 78.0 Å². The van der Waals surface area contributed by atoms with Crippen LogP contribution < -0.4 is 5.32 Å². The predicted molar refractivity (Wildman–Crippen MR) is 105 cm³/mol. The van der Waals surface area contributed by atoms with Crippen LogP contribution in [0.15, 0.2) is 66.9 Å². The molecule has 1 N–H and O–H groups in total. The Hall–Kier alpha value is -2.27. The van der Waals surface area contributed by atoms with Gasteiger partial charge in [-0.15, -0.1) is 0 Å². The monoisotopic (exact) mass is 347 g/mol. The van der Waals surface area contributed by atoms with Gasteiger partial charge in [0.25, 0.3) is 0 Å². The van der Waals surface area contributed by atoms with Crippen molar-refractivity contribution in [3.8, 4) is 0 Å². The molecule has 3 aromatic rings.